The average molecular weight is 130 g/mol. The van der Waals surface area contributed by atoms with Crippen molar-refractivity contribution in [2.45, 2.75) is 27.2 Å². The van der Waals surface area contributed by atoms with Gasteiger partial charge < -0.3 is 0 Å². The molecule has 0 aromatic rings. The second-order valence-electron chi connectivity index (χ2n) is 2.48. The molecule has 54 valence electrons. The van der Waals surface area contributed by atoms with Gasteiger partial charge in [0.15, 0.2) is 0 Å². The summed E-state index contributed by atoms with van der Waals surface area (Å²) in [5, 5.41) is 0. The molecule has 0 bridgehead atoms. The van der Waals surface area contributed by atoms with E-state index in [-0.39, 0.29) is 6.67 Å². The van der Waals surface area contributed by atoms with Crippen LogP contribution in [-0.2, 0) is 0 Å². The highest BCUT2D eigenvalue weighted by Crippen LogP contribution is 2.09. The molecule has 0 amide bonds. The standard InChI is InChI=1S/C8H15F/c1-4-5-8(6-9)7(2)3/h5,7H,4,6H2,1-3H3/b8-5+. The van der Waals surface area contributed by atoms with Crippen LogP contribution in [0.4, 0.5) is 4.39 Å². The van der Waals surface area contributed by atoms with E-state index >= 15 is 0 Å². The van der Waals surface area contributed by atoms with Crippen molar-refractivity contribution in [1.82, 2.24) is 0 Å². The first-order chi connectivity index (χ1) is 4.22. The van der Waals surface area contributed by atoms with E-state index in [2.05, 4.69) is 0 Å². The summed E-state index contributed by atoms with van der Waals surface area (Å²) in [5.74, 6) is 0.370. The Bertz CT molecular complexity index is 92.7. The fourth-order valence-electron chi connectivity index (χ4n) is 0.707. The molecule has 0 unspecified atom stereocenters. The van der Waals surface area contributed by atoms with E-state index in [1.165, 1.54) is 0 Å². The lowest BCUT2D eigenvalue weighted by molar-refractivity contribution is 0.507. The molecule has 0 aromatic heterocycles. The van der Waals surface area contributed by atoms with Gasteiger partial charge in [-0.05, 0) is 17.9 Å². The van der Waals surface area contributed by atoms with Crippen molar-refractivity contribution in [2.75, 3.05) is 6.67 Å². The van der Waals surface area contributed by atoms with Crippen molar-refractivity contribution in [3.63, 3.8) is 0 Å². The minimum Gasteiger partial charge on any atom is -0.246 e. The van der Waals surface area contributed by atoms with Crippen LogP contribution >= 0.6 is 0 Å². The molecule has 0 saturated heterocycles. The van der Waals surface area contributed by atoms with Crippen molar-refractivity contribution in [3.8, 4) is 0 Å². The fraction of sp³-hybridized carbons (Fsp3) is 0.750. The highest BCUT2D eigenvalue weighted by molar-refractivity contribution is 5.04. The monoisotopic (exact) mass is 130 g/mol. The lowest BCUT2D eigenvalue weighted by atomic mass is 10.0. The molecule has 0 N–H and O–H groups in total. The Labute approximate surface area is 56.8 Å². The Balaban J connectivity index is 3.81. The van der Waals surface area contributed by atoms with E-state index in [0.29, 0.717) is 5.92 Å². The van der Waals surface area contributed by atoms with Gasteiger partial charge in [0, 0.05) is 0 Å². The van der Waals surface area contributed by atoms with Crippen LogP contribution in [-0.4, -0.2) is 6.67 Å². The molecule has 0 aromatic carbocycles. The molecule has 1 heteroatoms. The number of hydrogen-bond donors (Lipinski definition) is 0. The highest BCUT2D eigenvalue weighted by atomic mass is 19.1. The quantitative estimate of drug-likeness (QED) is 0.515. The third-order valence-corrected chi connectivity index (χ3v) is 1.36. The molecule has 0 fully saturated rings. The van der Waals surface area contributed by atoms with Gasteiger partial charge in [-0.2, -0.15) is 0 Å². The van der Waals surface area contributed by atoms with Crippen LogP contribution < -0.4 is 0 Å². The van der Waals surface area contributed by atoms with Crippen molar-refractivity contribution in [1.29, 1.82) is 0 Å². The van der Waals surface area contributed by atoms with Crippen LogP contribution in [0.15, 0.2) is 11.6 Å². The van der Waals surface area contributed by atoms with Crippen molar-refractivity contribution < 1.29 is 4.39 Å². The third kappa shape index (κ3) is 3.28. The normalized spacial score (nSPS) is 12.8. The first-order valence-corrected chi connectivity index (χ1v) is 3.47. The van der Waals surface area contributed by atoms with Gasteiger partial charge in [-0.3, -0.25) is 0 Å². The molecule has 0 nitrogen and oxygen atoms in total. The Morgan fingerprint density at radius 2 is 2.11 bits per heavy atom. The highest BCUT2D eigenvalue weighted by Gasteiger charge is 1.99. The van der Waals surface area contributed by atoms with E-state index in [1.807, 2.05) is 26.8 Å². The van der Waals surface area contributed by atoms with Crippen LogP contribution in [0.1, 0.15) is 27.2 Å². The fourth-order valence-corrected chi connectivity index (χ4v) is 0.707. The number of alkyl halides is 1. The Morgan fingerprint density at radius 3 is 2.22 bits per heavy atom. The maximum Gasteiger partial charge on any atom is 0.111 e. The molecule has 0 aliphatic carbocycles. The molecule has 0 saturated carbocycles. The van der Waals surface area contributed by atoms with Gasteiger partial charge in [0.2, 0.25) is 0 Å². The van der Waals surface area contributed by atoms with Crippen molar-refractivity contribution >= 4 is 0 Å². The van der Waals surface area contributed by atoms with Gasteiger partial charge in [-0.15, -0.1) is 0 Å². The van der Waals surface area contributed by atoms with E-state index in [1.54, 1.807) is 0 Å². The number of hydrogen-bond acceptors (Lipinski definition) is 0. The van der Waals surface area contributed by atoms with Crippen molar-refractivity contribution in [3.05, 3.63) is 11.6 Å². The average Bonchev–Trinajstić information content (AvgIpc) is 1.82. The molecule has 0 rings (SSSR count). The third-order valence-electron chi connectivity index (χ3n) is 1.36. The number of allylic oxidation sites excluding steroid dienone is 2. The maximum absolute atomic E-state index is 12.0. The van der Waals surface area contributed by atoms with Gasteiger partial charge >= 0.3 is 0 Å². The van der Waals surface area contributed by atoms with Crippen LogP contribution in [0.5, 0.6) is 0 Å². The zero-order valence-electron chi connectivity index (χ0n) is 6.45. The minimum absolute atomic E-state index is 0.286. The zero-order chi connectivity index (χ0) is 7.28. The summed E-state index contributed by atoms with van der Waals surface area (Å²) in [7, 11) is 0. The number of rotatable bonds is 3. The van der Waals surface area contributed by atoms with Gasteiger partial charge in [0.25, 0.3) is 0 Å². The minimum atomic E-state index is -0.286. The van der Waals surface area contributed by atoms with E-state index < -0.39 is 0 Å². The molecule has 0 spiro atoms. The first kappa shape index (κ1) is 8.67. The summed E-state index contributed by atoms with van der Waals surface area (Å²) in [6, 6.07) is 0. The summed E-state index contributed by atoms with van der Waals surface area (Å²) < 4.78 is 12.0. The molecule has 0 aliphatic heterocycles. The Kier molecular flexibility index (Phi) is 4.37. The summed E-state index contributed by atoms with van der Waals surface area (Å²) in [6.07, 6.45) is 2.90. The molecule has 0 heterocycles. The van der Waals surface area contributed by atoms with Crippen LogP contribution in [0.2, 0.25) is 0 Å². The first-order valence-electron chi connectivity index (χ1n) is 3.47. The van der Waals surface area contributed by atoms with Crippen LogP contribution in [0.3, 0.4) is 0 Å². The molecular formula is C8H15F. The number of halogens is 1. The van der Waals surface area contributed by atoms with E-state index in [0.717, 1.165) is 12.0 Å². The molecule has 0 aliphatic rings. The second-order valence-corrected chi connectivity index (χ2v) is 2.48. The molecule has 9 heavy (non-hydrogen) atoms. The predicted molar refractivity (Wildman–Crippen MR) is 39.2 cm³/mol. The van der Waals surface area contributed by atoms with Crippen LogP contribution in [0.25, 0.3) is 0 Å². The lowest BCUT2D eigenvalue weighted by Gasteiger charge is -2.04. The zero-order valence-corrected chi connectivity index (χ0v) is 6.45. The predicted octanol–water partition coefficient (Wildman–Crippen LogP) is 2.95. The summed E-state index contributed by atoms with van der Waals surface area (Å²) in [6.45, 7) is 5.77. The molecule has 0 radical (unpaired) electrons. The summed E-state index contributed by atoms with van der Waals surface area (Å²) in [4.78, 5) is 0. The summed E-state index contributed by atoms with van der Waals surface area (Å²) >= 11 is 0. The molecule has 0 atom stereocenters. The van der Waals surface area contributed by atoms with Gasteiger partial charge in [0.05, 0.1) is 0 Å². The second kappa shape index (κ2) is 4.54. The van der Waals surface area contributed by atoms with Gasteiger partial charge in [0.1, 0.15) is 6.67 Å². The topological polar surface area (TPSA) is 0 Å². The van der Waals surface area contributed by atoms with E-state index in [4.69, 9.17) is 0 Å². The van der Waals surface area contributed by atoms with Gasteiger partial charge in [-0.25, -0.2) is 4.39 Å². The Morgan fingerprint density at radius 1 is 1.56 bits per heavy atom. The summed E-state index contributed by atoms with van der Waals surface area (Å²) in [5.41, 5.74) is 0.928. The van der Waals surface area contributed by atoms with E-state index in [9.17, 15) is 4.39 Å². The largest absolute Gasteiger partial charge is 0.246 e. The van der Waals surface area contributed by atoms with Crippen molar-refractivity contribution in [2.24, 2.45) is 5.92 Å². The van der Waals surface area contributed by atoms with Gasteiger partial charge in [-0.1, -0.05) is 26.8 Å². The Hall–Kier alpha value is -0.330. The van der Waals surface area contributed by atoms with Crippen LogP contribution in [0, 0.1) is 5.92 Å². The maximum atomic E-state index is 12.0. The SMILES string of the molecule is CC/C=C(\CF)C(C)C. The smallest absolute Gasteiger partial charge is 0.111 e. The lowest BCUT2D eigenvalue weighted by Crippen LogP contribution is -1.95. The molecular weight excluding hydrogens is 115 g/mol.